The van der Waals surface area contributed by atoms with Gasteiger partial charge in [0.2, 0.25) is 0 Å². The number of aromatic nitrogens is 3. The standard InChI is InChI=1S/C13H16N4O/c1-9(2)15-7-11-8-16-12(17-13(11)18)10-3-5-14-6-4-10/h3-6,8-9,15H,7H2,1-2H3,(H,16,17,18). The third-order valence-corrected chi connectivity index (χ3v) is 2.53. The first kappa shape index (κ1) is 12.4. The summed E-state index contributed by atoms with van der Waals surface area (Å²) in [6.45, 7) is 4.59. The molecule has 0 saturated heterocycles. The van der Waals surface area contributed by atoms with Crippen LogP contribution in [0.1, 0.15) is 19.4 Å². The Kier molecular flexibility index (Phi) is 3.84. The average Bonchev–Trinajstić information content (AvgIpc) is 2.38. The molecule has 5 heteroatoms. The van der Waals surface area contributed by atoms with E-state index in [1.54, 1.807) is 18.6 Å². The maximum absolute atomic E-state index is 11.9. The van der Waals surface area contributed by atoms with Gasteiger partial charge in [0, 0.05) is 42.3 Å². The molecule has 0 aliphatic carbocycles. The molecule has 2 aromatic rings. The van der Waals surface area contributed by atoms with Crippen LogP contribution in [-0.2, 0) is 6.54 Å². The predicted molar refractivity (Wildman–Crippen MR) is 70.1 cm³/mol. The van der Waals surface area contributed by atoms with Crippen molar-refractivity contribution in [2.75, 3.05) is 0 Å². The van der Waals surface area contributed by atoms with Crippen molar-refractivity contribution >= 4 is 0 Å². The van der Waals surface area contributed by atoms with Gasteiger partial charge in [-0.25, -0.2) is 4.98 Å². The second kappa shape index (κ2) is 5.55. The zero-order valence-electron chi connectivity index (χ0n) is 10.5. The van der Waals surface area contributed by atoms with Crippen molar-refractivity contribution in [1.82, 2.24) is 20.3 Å². The molecule has 0 aliphatic heterocycles. The van der Waals surface area contributed by atoms with Gasteiger partial charge in [0.15, 0.2) is 0 Å². The lowest BCUT2D eigenvalue weighted by Crippen LogP contribution is -2.26. The van der Waals surface area contributed by atoms with Crippen molar-refractivity contribution in [3.8, 4) is 11.4 Å². The van der Waals surface area contributed by atoms with E-state index in [1.165, 1.54) is 0 Å². The van der Waals surface area contributed by atoms with Crippen molar-refractivity contribution in [2.45, 2.75) is 26.4 Å². The highest BCUT2D eigenvalue weighted by atomic mass is 16.1. The van der Waals surface area contributed by atoms with Crippen molar-refractivity contribution < 1.29 is 0 Å². The first-order chi connectivity index (χ1) is 8.66. The Balaban J connectivity index is 2.23. The number of H-pyrrole nitrogens is 1. The molecule has 94 valence electrons. The van der Waals surface area contributed by atoms with E-state index >= 15 is 0 Å². The van der Waals surface area contributed by atoms with Crippen molar-refractivity contribution in [3.05, 3.63) is 46.6 Å². The van der Waals surface area contributed by atoms with Gasteiger partial charge in [-0.05, 0) is 12.1 Å². The molecule has 18 heavy (non-hydrogen) atoms. The molecule has 0 aliphatic rings. The number of pyridine rings is 1. The second-order valence-corrected chi connectivity index (χ2v) is 4.36. The van der Waals surface area contributed by atoms with E-state index in [0.29, 0.717) is 24.0 Å². The van der Waals surface area contributed by atoms with Crippen molar-refractivity contribution in [3.63, 3.8) is 0 Å². The van der Waals surface area contributed by atoms with E-state index < -0.39 is 0 Å². The molecule has 0 spiro atoms. The summed E-state index contributed by atoms with van der Waals surface area (Å²) in [7, 11) is 0. The Hall–Kier alpha value is -2.01. The Morgan fingerprint density at radius 2 is 2.06 bits per heavy atom. The van der Waals surface area contributed by atoms with Gasteiger partial charge in [0.1, 0.15) is 5.82 Å². The van der Waals surface area contributed by atoms with E-state index in [1.807, 2.05) is 26.0 Å². The van der Waals surface area contributed by atoms with Crippen LogP contribution in [0.25, 0.3) is 11.4 Å². The van der Waals surface area contributed by atoms with Gasteiger partial charge in [0.25, 0.3) is 5.56 Å². The van der Waals surface area contributed by atoms with Crippen LogP contribution in [0.5, 0.6) is 0 Å². The number of rotatable bonds is 4. The SMILES string of the molecule is CC(C)NCc1cnc(-c2ccncc2)[nH]c1=O. The van der Waals surface area contributed by atoms with Crippen LogP contribution in [-0.4, -0.2) is 21.0 Å². The molecule has 0 fully saturated rings. The molecule has 0 atom stereocenters. The lowest BCUT2D eigenvalue weighted by atomic mass is 10.2. The van der Waals surface area contributed by atoms with E-state index in [9.17, 15) is 4.79 Å². The third-order valence-electron chi connectivity index (χ3n) is 2.53. The molecule has 0 saturated carbocycles. The van der Waals surface area contributed by atoms with Gasteiger partial charge < -0.3 is 10.3 Å². The zero-order valence-corrected chi connectivity index (χ0v) is 10.5. The highest BCUT2D eigenvalue weighted by Crippen LogP contribution is 2.10. The van der Waals surface area contributed by atoms with Gasteiger partial charge in [-0.15, -0.1) is 0 Å². The molecular weight excluding hydrogens is 228 g/mol. The van der Waals surface area contributed by atoms with Crippen LogP contribution in [0.4, 0.5) is 0 Å². The minimum Gasteiger partial charge on any atom is -0.310 e. The quantitative estimate of drug-likeness (QED) is 0.851. The molecule has 0 unspecified atom stereocenters. The summed E-state index contributed by atoms with van der Waals surface area (Å²) in [6, 6.07) is 3.96. The molecule has 2 aromatic heterocycles. The molecule has 2 rings (SSSR count). The van der Waals surface area contributed by atoms with Crippen molar-refractivity contribution in [2.24, 2.45) is 0 Å². The van der Waals surface area contributed by atoms with Crippen LogP contribution in [0.2, 0.25) is 0 Å². The average molecular weight is 244 g/mol. The minimum atomic E-state index is -0.107. The number of hydrogen-bond donors (Lipinski definition) is 2. The maximum atomic E-state index is 11.9. The van der Waals surface area contributed by atoms with E-state index in [-0.39, 0.29) is 5.56 Å². The highest BCUT2D eigenvalue weighted by molar-refractivity contribution is 5.53. The van der Waals surface area contributed by atoms with Crippen LogP contribution in [0.3, 0.4) is 0 Å². The molecule has 0 amide bonds. The topological polar surface area (TPSA) is 70.7 Å². The first-order valence-corrected chi connectivity index (χ1v) is 5.89. The number of hydrogen-bond acceptors (Lipinski definition) is 4. The Labute approximate surface area is 105 Å². The van der Waals surface area contributed by atoms with Gasteiger partial charge >= 0.3 is 0 Å². The monoisotopic (exact) mass is 244 g/mol. The fraction of sp³-hybridized carbons (Fsp3) is 0.308. The van der Waals surface area contributed by atoms with Gasteiger partial charge in [-0.2, -0.15) is 0 Å². The summed E-state index contributed by atoms with van der Waals surface area (Å²) >= 11 is 0. The summed E-state index contributed by atoms with van der Waals surface area (Å²) in [4.78, 5) is 22.9. The third kappa shape index (κ3) is 3.01. The Morgan fingerprint density at radius 1 is 1.33 bits per heavy atom. The molecular formula is C13H16N4O. The molecule has 2 N–H and O–H groups in total. The summed E-state index contributed by atoms with van der Waals surface area (Å²) in [6.07, 6.45) is 4.96. The lowest BCUT2D eigenvalue weighted by molar-refractivity contribution is 0.585. The smallest absolute Gasteiger partial charge is 0.255 e. The normalized spacial score (nSPS) is 10.8. The Morgan fingerprint density at radius 3 is 2.67 bits per heavy atom. The van der Waals surface area contributed by atoms with Gasteiger partial charge in [0.05, 0.1) is 0 Å². The van der Waals surface area contributed by atoms with E-state index in [4.69, 9.17) is 0 Å². The van der Waals surface area contributed by atoms with Gasteiger partial charge in [-0.3, -0.25) is 9.78 Å². The summed E-state index contributed by atoms with van der Waals surface area (Å²) in [5, 5.41) is 3.19. The highest BCUT2D eigenvalue weighted by Gasteiger charge is 2.04. The lowest BCUT2D eigenvalue weighted by Gasteiger charge is -2.07. The largest absolute Gasteiger partial charge is 0.310 e. The summed E-state index contributed by atoms with van der Waals surface area (Å²) in [5.41, 5.74) is 1.39. The number of nitrogens with one attached hydrogen (secondary N) is 2. The fourth-order valence-corrected chi connectivity index (χ4v) is 1.52. The summed E-state index contributed by atoms with van der Waals surface area (Å²) in [5.74, 6) is 0.565. The van der Waals surface area contributed by atoms with E-state index in [2.05, 4.69) is 20.3 Å². The maximum Gasteiger partial charge on any atom is 0.255 e. The van der Waals surface area contributed by atoms with Crippen molar-refractivity contribution in [1.29, 1.82) is 0 Å². The Bertz CT molecular complexity index is 563. The second-order valence-electron chi connectivity index (χ2n) is 4.36. The summed E-state index contributed by atoms with van der Waals surface area (Å²) < 4.78 is 0. The molecule has 5 nitrogen and oxygen atoms in total. The van der Waals surface area contributed by atoms with Crippen LogP contribution < -0.4 is 10.9 Å². The number of nitrogens with zero attached hydrogens (tertiary/aromatic N) is 2. The molecule has 0 aromatic carbocycles. The van der Waals surface area contributed by atoms with E-state index in [0.717, 1.165) is 5.56 Å². The molecule has 0 radical (unpaired) electrons. The van der Waals surface area contributed by atoms with Crippen LogP contribution in [0.15, 0.2) is 35.5 Å². The van der Waals surface area contributed by atoms with Gasteiger partial charge in [-0.1, -0.05) is 13.8 Å². The van der Waals surface area contributed by atoms with Crippen LogP contribution >= 0.6 is 0 Å². The predicted octanol–water partition coefficient (Wildman–Crippen LogP) is 1.33. The first-order valence-electron chi connectivity index (χ1n) is 5.89. The minimum absolute atomic E-state index is 0.107. The number of aromatic amines is 1. The zero-order chi connectivity index (χ0) is 13.0. The molecule has 2 heterocycles. The van der Waals surface area contributed by atoms with Crippen LogP contribution in [0, 0.1) is 0 Å². The fourth-order valence-electron chi connectivity index (χ4n) is 1.52. The molecule has 0 bridgehead atoms.